The molecule has 0 spiro atoms. The van der Waals surface area contributed by atoms with Crippen molar-refractivity contribution in [1.29, 1.82) is 0 Å². The highest BCUT2D eigenvalue weighted by molar-refractivity contribution is 7.16. The van der Waals surface area contributed by atoms with Gasteiger partial charge in [-0.25, -0.2) is 0 Å². The summed E-state index contributed by atoms with van der Waals surface area (Å²) in [4.78, 5) is 17.3. The summed E-state index contributed by atoms with van der Waals surface area (Å²) >= 11 is 7.26. The van der Waals surface area contributed by atoms with E-state index in [4.69, 9.17) is 27.5 Å². The summed E-state index contributed by atoms with van der Waals surface area (Å²) in [6, 6.07) is 10.8. The molecule has 0 radical (unpaired) electrons. The summed E-state index contributed by atoms with van der Waals surface area (Å²) in [6.45, 7) is 0.294. The van der Waals surface area contributed by atoms with Crippen molar-refractivity contribution in [3.05, 3.63) is 51.8 Å². The highest BCUT2D eigenvalue weighted by Crippen LogP contribution is 2.33. The van der Waals surface area contributed by atoms with Gasteiger partial charge in [0.15, 0.2) is 16.3 Å². The number of carbonyl (C=O) groups excluding carboxylic acids is 1. The maximum atomic E-state index is 12.4. The number of thiazole rings is 1. The topological polar surface area (TPSA) is 52.8 Å². The summed E-state index contributed by atoms with van der Waals surface area (Å²) in [5, 5.41) is 0.627. The zero-order valence-electron chi connectivity index (χ0n) is 14.9. The van der Waals surface area contributed by atoms with Gasteiger partial charge < -0.3 is 14.0 Å². The Morgan fingerprint density at radius 1 is 1.22 bits per heavy atom. The van der Waals surface area contributed by atoms with Gasteiger partial charge in [0.1, 0.15) is 0 Å². The van der Waals surface area contributed by atoms with Crippen LogP contribution in [0.4, 0.5) is 0 Å². The number of hydrogen-bond acceptors (Lipinski definition) is 4. The minimum atomic E-state index is -0.256. The zero-order valence-corrected chi connectivity index (χ0v) is 16.4. The second-order valence-electron chi connectivity index (χ2n) is 5.66. The van der Waals surface area contributed by atoms with E-state index in [2.05, 4.69) is 10.9 Å². The van der Waals surface area contributed by atoms with Gasteiger partial charge in [0, 0.05) is 17.2 Å². The Bertz CT molecular complexity index is 1090. The third kappa shape index (κ3) is 4.16. The van der Waals surface area contributed by atoms with Crippen LogP contribution >= 0.6 is 22.9 Å². The number of amides is 1. The van der Waals surface area contributed by atoms with Gasteiger partial charge in [-0.15, -0.1) is 6.42 Å². The Morgan fingerprint density at radius 2 is 1.89 bits per heavy atom. The lowest BCUT2D eigenvalue weighted by molar-refractivity contribution is -0.117. The molecule has 27 heavy (non-hydrogen) atoms. The first-order chi connectivity index (χ1) is 13.0. The average molecular weight is 401 g/mol. The van der Waals surface area contributed by atoms with Crippen LogP contribution in [0.25, 0.3) is 10.2 Å². The Kier molecular flexibility index (Phi) is 5.84. The minimum absolute atomic E-state index is 0.189. The van der Waals surface area contributed by atoms with Crippen LogP contribution in [0.5, 0.6) is 11.5 Å². The van der Waals surface area contributed by atoms with E-state index < -0.39 is 0 Å². The van der Waals surface area contributed by atoms with Crippen LogP contribution in [0.2, 0.25) is 5.02 Å². The van der Waals surface area contributed by atoms with E-state index in [-0.39, 0.29) is 12.3 Å². The third-order valence-corrected chi connectivity index (χ3v) is 5.22. The van der Waals surface area contributed by atoms with E-state index in [1.807, 2.05) is 28.8 Å². The summed E-state index contributed by atoms with van der Waals surface area (Å²) < 4.78 is 13.4. The molecule has 0 unspecified atom stereocenters. The van der Waals surface area contributed by atoms with Crippen molar-refractivity contribution in [3.8, 4) is 23.8 Å². The second-order valence-corrected chi connectivity index (χ2v) is 7.10. The first-order valence-electron chi connectivity index (χ1n) is 8.06. The molecule has 1 amide bonds. The molecule has 3 rings (SSSR count). The number of halogens is 1. The van der Waals surface area contributed by atoms with E-state index in [0.717, 1.165) is 15.8 Å². The summed E-state index contributed by atoms with van der Waals surface area (Å²) in [5.74, 6) is 3.55. The molecule has 0 aliphatic carbocycles. The SMILES string of the molecule is C#CCn1c(=NC(=O)Cc2ccc(Cl)cc2)sc2cc(OC)c(OC)cc21. The van der Waals surface area contributed by atoms with Gasteiger partial charge >= 0.3 is 0 Å². The first kappa shape index (κ1) is 19.0. The molecular weight excluding hydrogens is 384 g/mol. The number of ether oxygens (including phenoxy) is 2. The van der Waals surface area contributed by atoms with Crippen molar-refractivity contribution in [2.24, 2.45) is 4.99 Å². The number of benzene rings is 2. The fourth-order valence-electron chi connectivity index (χ4n) is 2.65. The fraction of sp³-hybridized carbons (Fsp3) is 0.200. The van der Waals surface area contributed by atoms with Crippen LogP contribution in [0.3, 0.4) is 0 Å². The molecule has 0 N–H and O–H groups in total. The standard InChI is InChI=1S/C20H17ClN2O3S/c1-4-9-23-15-11-16(25-2)17(26-3)12-18(15)27-20(23)22-19(24)10-13-5-7-14(21)8-6-13/h1,5-8,11-12H,9-10H2,2-3H3. The van der Waals surface area contributed by atoms with Gasteiger partial charge in [-0.3, -0.25) is 4.79 Å². The number of methoxy groups -OCH3 is 2. The number of terminal acetylenes is 1. The van der Waals surface area contributed by atoms with Crippen LogP contribution in [0.15, 0.2) is 41.4 Å². The molecule has 0 atom stereocenters. The normalized spacial score (nSPS) is 11.4. The monoisotopic (exact) mass is 400 g/mol. The maximum absolute atomic E-state index is 12.4. The first-order valence-corrected chi connectivity index (χ1v) is 9.26. The van der Waals surface area contributed by atoms with E-state index >= 15 is 0 Å². The Balaban J connectivity index is 2.05. The molecule has 3 aromatic rings. The number of fused-ring (bicyclic) bond motifs is 1. The van der Waals surface area contributed by atoms with Gasteiger partial charge in [-0.1, -0.05) is 41.0 Å². The number of rotatable bonds is 5. The second kappa shape index (κ2) is 8.30. The number of carbonyl (C=O) groups is 1. The Hall–Kier alpha value is -2.75. The summed E-state index contributed by atoms with van der Waals surface area (Å²) in [5.41, 5.74) is 1.69. The molecule has 0 aliphatic rings. The molecule has 1 aromatic heterocycles. The van der Waals surface area contributed by atoms with Crippen LogP contribution < -0.4 is 14.3 Å². The molecule has 0 saturated heterocycles. The van der Waals surface area contributed by atoms with Crippen molar-refractivity contribution >= 4 is 39.1 Å². The van der Waals surface area contributed by atoms with Crippen LogP contribution in [-0.2, 0) is 17.8 Å². The van der Waals surface area contributed by atoms with Crippen molar-refractivity contribution in [2.75, 3.05) is 14.2 Å². The van der Waals surface area contributed by atoms with Crippen LogP contribution in [0.1, 0.15) is 5.56 Å². The van der Waals surface area contributed by atoms with E-state index in [1.54, 1.807) is 26.4 Å². The van der Waals surface area contributed by atoms with Crippen molar-refractivity contribution in [3.63, 3.8) is 0 Å². The van der Waals surface area contributed by atoms with Crippen molar-refractivity contribution in [1.82, 2.24) is 4.57 Å². The lowest BCUT2D eigenvalue weighted by atomic mass is 10.1. The maximum Gasteiger partial charge on any atom is 0.252 e. The Labute approximate surface area is 165 Å². The van der Waals surface area contributed by atoms with E-state index in [0.29, 0.717) is 27.9 Å². The number of aromatic nitrogens is 1. The smallest absolute Gasteiger partial charge is 0.252 e. The van der Waals surface area contributed by atoms with Crippen molar-refractivity contribution < 1.29 is 14.3 Å². The predicted molar refractivity (Wildman–Crippen MR) is 107 cm³/mol. The van der Waals surface area contributed by atoms with Gasteiger partial charge in [0.2, 0.25) is 0 Å². The molecule has 5 nitrogen and oxygen atoms in total. The van der Waals surface area contributed by atoms with Gasteiger partial charge in [-0.05, 0) is 17.7 Å². The molecule has 0 saturated carbocycles. The lowest BCUT2D eigenvalue weighted by Crippen LogP contribution is -2.17. The zero-order chi connectivity index (χ0) is 19.4. The molecule has 1 heterocycles. The highest BCUT2D eigenvalue weighted by atomic mass is 35.5. The average Bonchev–Trinajstić information content (AvgIpc) is 2.98. The van der Waals surface area contributed by atoms with Crippen LogP contribution in [0, 0.1) is 12.3 Å². The molecule has 2 aromatic carbocycles. The molecule has 7 heteroatoms. The Morgan fingerprint density at radius 3 is 2.52 bits per heavy atom. The van der Waals surface area contributed by atoms with Crippen LogP contribution in [-0.4, -0.2) is 24.7 Å². The minimum Gasteiger partial charge on any atom is -0.493 e. The third-order valence-electron chi connectivity index (χ3n) is 3.93. The van der Waals surface area contributed by atoms with Gasteiger partial charge in [0.05, 0.1) is 37.4 Å². The van der Waals surface area contributed by atoms with E-state index in [9.17, 15) is 4.79 Å². The fourth-order valence-corrected chi connectivity index (χ4v) is 3.83. The lowest BCUT2D eigenvalue weighted by Gasteiger charge is -2.08. The molecular formula is C20H17ClN2O3S. The molecule has 138 valence electrons. The largest absolute Gasteiger partial charge is 0.493 e. The van der Waals surface area contributed by atoms with Crippen molar-refractivity contribution in [2.45, 2.75) is 13.0 Å². The van der Waals surface area contributed by atoms with E-state index in [1.165, 1.54) is 11.3 Å². The summed E-state index contributed by atoms with van der Waals surface area (Å²) in [7, 11) is 3.15. The molecule has 0 aliphatic heterocycles. The van der Waals surface area contributed by atoms with Gasteiger partial charge in [-0.2, -0.15) is 4.99 Å². The number of nitrogens with zero attached hydrogens (tertiary/aromatic N) is 2. The highest BCUT2D eigenvalue weighted by Gasteiger charge is 2.13. The predicted octanol–water partition coefficient (Wildman–Crippen LogP) is 3.68. The molecule has 0 bridgehead atoms. The summed E-state index contributed by atoms with van der Waals surface area (Å²) in [6.07, 6.45) is 5.70. The number of hydrogen-bond donors (Lipinski definition) is 0. The molecule has 0 fully saturated rings. The quantitative estimate of drug-likeness (QED) is 0.614. The van der Waals surface area contributed by atoms with Gasteiger partial charge in [0.25, 0.3) is 5.91 Å².